The molecular weight excluding hydrogens is 412 g/mol. The Balaban J connectivity index is 0.00000300. The fourth-order valence-electron chi connectivity index (χ4n) is 3.35. The van der Waals surface area contributed by atoms with E-state index in [1.165, 1.54) is 0 Å². The number of carbonyl (C=O) groups is 1. The molecule has 1 fully saturated rings. The number of oxime groups is 1. The van der Waals surface area contributed by atoms with Gasteiger partial charge in [-0.2, -0.15) is 0 Å². The van der Waals surface area contributed by atoms with Crippen LogP contribution in [0.15, 0.2) is 40.9 Å². The maximum absolute atomic E-state index is 11.2. The first-order chi connectivity index (χ1) is 13.6. The molecule has 0 radical (unpaired) electrons. The van der Waals surface area contributed by atoms with Crippen molar-refractivity contribution in [3.8, 4) is 5.75 Å². The molecule has 158 valence electrons. The highest BCUT2D eigenvalue weighted by Crippen LogP contribution is 2.23. The van der Waals surface area contributed by atoms with Crippen molar-refractivity contribution < 1.29 is 19.5 Å². The number of carboxylic acids is 1. The summed E-state index contributed by atoms with van der Waals surface area (Å²) in [5.74, 6) is -0.220. The second-order valence-electron chi connectivity index (χ2n) is 6.92. The van der Waals surface area contributed by atoms with E-state index in [0.717, 1.165) is 46.9 Å². The predicted octanol–water partition coefficient (Wildman–Crippen LogP) is 4.05. The molecule has 1 N–H and O–H groups in total. The number of hydrogen-bond acceptors (Lipinski definition) is 6. The highest BCUT2D eigenvalue weighted by molar-refractivity contribution is 7.12. The third-order valence-electron chi connectivity index (χ3n) is 4.93. The number of rotatable bonds is 8. The van der Waals surface area contributed by atoms with Gasteiger partial charge in [0.05, 0.1) is 17.9 Å². The number of methoxy groups -OCH3 is 1. The molecule has 1 aromatic heterocycles. The van der Waals surface area contributed by atoms with E-state index in [1.807, 2.05) is 29.6 Å². The van der Waals surface area contributed by atoms with Crippen LogP contribution in [0.25, 0.3) is 0 Å². The largest absolute Gasteiger partial charge is 0.497 e. The van der Waals surface area contributed by atoms with Crippen molar-refractivity contribution >= 4 is 35.4 Å². The molecule has 0 aliphatic carbocycles. The van der Waals surface area contributed by atoms with Gasteiger partial charge in [-0.3, -0.25) is 9.69 Å². The first-order valence-corrected chi connectivity index (χ1v) is 10.3. The monoisotopic (exact) mass is 438 g/mol. The Labute approximate surface area is 181 Å². The molecule has 3 rings (SSSR count). The van der Waals surface area contributed by atoms with E-state index in [2.05, 4.69) is 23.0 Å². The van der Waals surface area contributed by atoms with Gasteiger partial charge >= 0.3 is 5.97 Å². The second kappa shape index (κ2) is 11.2. The Morgan fingerprint density at radius 2 is 2.21 bits per heavy atom. The SMILES string of the molecule is COc1cccc(/C(=N/OCCN2CCC[C@@H](C(=O)O)C2)c2sccc2C)c1.Cl. The fraction of sp³-hybridized carbons (Fsp3) is 0.429. The number of aliphatic carboxylic acids is 1. The molecular formula is C21H27ClN2O4S. The van der Waals surface area contributed by atoms with Crippen molar-refractivity contribution in [2.45, 2.75) is 19.8 Å². The number of aryl methyl sites for hydroxylation is 1. The summed E-state index contributed by atoms with van der Waals surface area (Å²) in [6.45, 7) is 4.63. The van der Waals surface area contributed by atoms with Gasteiger partial charge in [-0.05, 0) is 55.5 Å². The Hall–Kier alpha value is -2.09. The van der Waals surface area contributed by atoms with Crippen molar-refractivity contribution in [3.63, 3.8) is 0 Å². The van der Waals surface area contributed by atoms with E-state index >= 15 is 0 Å². The summed E-state index contributed by atoms with van der Waals surface area (Å²) < 4.78 is 5.34. The van der Waals surface area contributed by atoms with Crippen LogP contribution < -0.4 is 4.74 Å². The summed E-state index contributed by atoms with van der Waals surface area (Å²) in [6.07, 6.45) is 1.66. The minimum Gasteiger partial charge on any atom is -0.497 e. The summed E-state index contributed by atoms with van der Waals surface area (Å²) in [6, 6.07) is 9.84. The second-order valence-corrected chi connectivity index (χ2v) is 7.83. The van der Waals surface area contributed by atoms with Crippen LogP contribution in [-0.2, 0) is 9.63 Å². The number of ether oxygens (including phenoxy) is 1. The number of nitrogens with zero attached hydrogens (tertiary/aromatic N) is 2. The number of carboxylic acid groups (broad SMARTS) is 1. The lowest BCUT2D eigenvalue weighted by molar-refractivity contribution is -0.143. The molecule has 0 unspecified atom stereocenters. The van der Waals surface area contributed by atoms with Crippen molar-refractivity contribution in [2.75, 3.05) is 33.4 Å². The first-order valence-electron chi connectivity index (χ1n) is 9.42. The number of likely N-dealkylation sites (tertiary alicyclic amines) is 1. The fourth-order valence-corrected chi connectivity index (χ4v) is 4.28. The van der Waals surface area contributed by atoms with Gasteiger partial charge in [-0.15, -0.1) is 23.7 Å². The molecule has 2 heterocycles. The predicted molar refractivity (Wildman–Crippen MR) is 118 cm³/mol. The molecule has 1 aromatic carbocycles. The van der Waals surface area contributed by atoms with Crippen LogP contribution in [0.2, 0.25) is 0 Å². The zero-order valence-electron chi connectivity index (χ0n) is 16.7. The van der Waals surface area contributed by atoms with Crippen LogP contribution in [0.5, 0.6) is 5.75 Å². The Morgan fingerprint density at radius 3 is 2.90 bits per heavy atom. The van der Waals surface area contributed by atoms with E-state index in [-0.39, 0.29) is 18.3 Å². The lowest BCUT2D eigenvalue weighted by Crippen LogP contribution is -2.40. The van der Waals surface area contributed by atoms with Gasteiger partial charge in [0.25, 0.3) is 0 Å². The third kappa shape index (κ3) is 6.19. The van der Waals surface area contributed by atoms with Crippen LogP contribution in [-0.4, -0.2) is 55.0 Å². The molecule has 1 aliphatic rings. The number of halogens is 1. The molecule has 0 bridgehead atoms. The molecule has 1 atom stereocenters. The van der Waals surface area contributed by atoms with Gasteiger partial charge in [0.1, 0.15) is 18.1 Å². The Morgan fingerprint density at radius 1 is 1.38 bits per heavy atom. The van der Waals surface area contributed by atoms with Crippen LogP contribution >= 0.6 is 23.7 Å². The number of piperidine rings is 1. The van der Waals surface area contributed by atoms with E-state index in [9.17, 15) is 9.90 Å². The average Bonchev–Trinajstić information content (AvgIpc) is 3.14. The zero-order chi connectivity index (χ0) is 19.9. The molecule has 8 heteroatoms. The molecule has 1 aliphatic heterocycles. The van der Waals surface area contributed by atoms with Crippen LogP contribution in [0.4, 0.5) is 0 Å². The normalized spacial score (nSPS) is 17.4. The van der Waals surface area contributed by atoms with Crippen LogP contribution in [0.1, 0.15) is 28.8 Å². The highest BCUT2D eigenvalue weighted by Gasteiger charge is 2.25. The van der Waals surface area contributed by atoms with Crippen LogP contribution in [0, 0.1) is 12.8 Å². The number of hydrogen-bond donors (Lipinski definition) is 1. The minimum atomic E-state index is -0.711. The average molecular weight is 439 g/mol. The molecule has 6 nitrogen and oxygen atoms in total. The summed E-state index contributed by atoms with van der Waals surface area (Å²) in [5, 5.41) is 15.7. The maximum Gasteiger partial charge on any atom is 0.307 e. The summed E-state index contributed by atoms with van der Waals surface area (Å²) >= 11 is 1.63. The van der Waals surface area contributed by atoms with E-state index in [1.54, 1.807) is 18.4 Å². The smallest absolute Gasteiger partial charge is 0.307 e. The third-order valence-corrected chi connectivity index (χ3v) is 5.95. The van der Waals surface area contributed by atoms with E-state index < -0.39 is 5.97 Å². The van der Waals surface area contributed by atoms with Gasteiger partial charge in [-0.1, -0.05) is 17.3 Å². The Kier molecular flexibility index (Phi) is 8.95. The molecule has 1 saturated heterocycles. The van der Waals surface area contributed by atoms with E-state index in [0.29, 0.717) is 19.7 Å². The molecule has 0 spiro atoms. The number of benzene rings is 1. The van der Waals surface area contributed by atoms with Gasteiger partial charge in [-0.25, -0.2) is 0 Å². The summed E-state index contributed by atoms with van der Waals surface area (Å²) in [4.78, 5) is 20.1. The molecule has 0 amide bonds. The van der Waals surface area contributed by atoms with E-state index in [4.69, 9.17) is 9.57 Å². The molecule has 2 aromatic rings. The maximum atomic E-state index is 11.2. The van der Waals surface area contributed by atoms with Crippen molar-refractivity contribution in [1.29, 1.82) is 0 Å². The Bertz CT molecular complexity index is 840. The summed E-state index contributed by atoms with van der Waals surface area (Å²) in [7, 11) is 1.64. The quantitative estimate of drug-likeness (QED) is 0.382. The van der Waals surface area contributed by atoms with Gasteiger partial charge < -0.3 is 14.7 Å². The van der Waals surface area contributed by atoms with Crippen molar-refractivity contribution in [1.82, 2.24) is 4.90 Å². The highest BCUT2D eigenvalue weighted by atomic mass is 35.5. The van der Waals surface area contributed by atoms with Gasteiger partial charge in [0, 0.05) is 18.7 Å². The topological polar surface area (TPSA) is 71.4 Å². The van der Waals surface area contributed by atoms with Crippen molar-refractivity contribution in [2.24, 2.45) is 11.1 Å². The van der Waals surface area contributed by atoms with Crippen molar-refractivity contribution in [3.05, 3.63) is 51.7 Å². The zero-order valence-corrected chi connectivity index (χ0v) is 18.3. The van der Waals surface area contributed by atoms with Gasteiger partial charge in [0.15, 0.2) is 0 Å². The lowest BCUT2D eigenvalue weighted by Gasteiger charge is -2.29. The molecule has 29 heavy (non-hydrogen) atoms. The standard InChI is InChI=1S/C21H26N2O4S.ClH/c1-15-8-12-28-20(15)19(16-5-3-7-18(13-16)26-2)22-27-11-10-23-9-4-6-17(14-23)21(24)25;/h3,5,7-8,12-13,17H,4,6,9-11,14H2,1-2H3,(H,24,25);1H/b22-19-;/t17-;/m1./s1. The van der Waals surface area contributed by atoms with Crippen LogP contribution in [0.3, 0.4) is 0 Å². The minimum absolute atomic E-state index is 0. The molecule has 0 saturated carbocycles. The number of thiophene rings is 1. The summed E-state index contributed by atoms with van der Waals surface area (Å²) in [5.41, 5.74) is 2.87. The van der Waals surface area contributed by atoms with Gasteiger partial charge in [0.2, 0.25) is 0 Å². The lowest BCUT2D eigenvalue weighted by atomic mass is 9.98. The first kappa shape index (κ1) is 23.2.